The zero-order valence-electron chi connectivity index (χ0n) is 13.8. The molecule has 0 unspecified atom stereocenters. The molecule has 0 N–H and O–H groups in total. The van der Waals surface area contributed by atoms with Crippen molar-refractivity contribution in [3.8, 4) is 0 Å². The normalized spacial score (nSPS) is 10.6. The topological polar surface area (TPSA) is 0 Å². The van der Waals surface area contributed by atoms with E-state index in [-0.39, 0.29) is 0 Å². The molecule has 0 spiro atoms. The minimum atomic E-state index is 1.40. The van der Waals surface area contributed by atoms with Gasteiger partial charge in [-0.05, 0) is 12.1 Å². The van der Waals surface area contributed by atoms with E-state index in [2.05, 4.69) is 48.5 Å². The summed E-state index contributed by atoms with van der Waals surface area (Å²) in [7, 11) is 0. The Morgan fingerprint density at radius 2 is 1.13 bits per heavy atom. The molecule has 0 bridgehead atoms. The lowest BCUT2D eigenvalue weighted by Crippen LogP contribution is -1.60. The Labute approximate surface area is 149 Å². The van der Waals surface area contributed by atoms with Gasteiger partial charge in [0.1, 0.15) is 0 Å². The summed E-state index contributed by atoms with van der Waals surface area (Å²) in [6, 6.07) is 17.5. The maximum atomic E-state index is 2.25. The van der Waals surface area contributed by atoms with Crippen LogP contribution < -0.4 is 0 Å². The van der Waals surface area contributed by atoms with Crippen LogP contribution in [-0.2, 0) is 0 Å². The molecule has 23 heavy (non-hydrogen) atoms. The van der Waals surface area contributed by atoms with Gasteiger partial charge in [-0.2, -0.15) is 0 Å². The summed E-state index contributed by atoms with van der Waals surface area (Å²) in [6.07, 6.45) is 0. The highest BCUT2D eigenvalue weighted by atomic mass is 32.2. The summed E-state index contributed by atoms with van der Waals surface area (Å²) < 4.78 is 7.21. The molecule has 0 aliphatic rings. The second-order valence-corrected chi connectivity index (χ2v) is 8.00. The lowest BCUT2D eigenvalue weighted by atomic mass is 10.2. The lowest BCUT2D eigenvalue weighted by molar-refractivity contribution is 1.50. The fourth-order valence-electron chi connectivity index (χ4n) is 2.69. The van der Waals surface area contributed by atoms with Crippen LogP contribution in [0.15, 0.2) is 48.5 Å². The first-order chi connectivity index (χ1) is 11.4. The van der Waals surface area contributed by atoms with Gasteiger partial charge in [0.25, 0.3) is 0 Å². The summed E-state index contributed by atoms with van der Waals surface area (Å²) in [5.41, 5.74) is 0. The quantitative estimate of drug-likeness (QED) is 0.261. The van der Waals surface area contributed by atoms with Crippen molar-refractivity contribution < 1.29 is 0 Å². The Hall–Kier alpha value is -1.42. The molecular formula is C20H20S3. The molecule has 3 heteroatoms. The first kappa shape index (κ1) is 16.4. The number of thiophene rings is 3. The van der Waals surface area contributed by atoms with Gasteiger partial charge in [-0.25, -0.2) is 0 Å². The van der Waals surface area contributed by atoms with Gasteiger partial charge in [-0.3, -0.25) is 0 Å². The molecular weight excluding hydrogens is 336 g/mol. The average Bonchev–Trinajstić information content (AvgIpc) is 3.26. The van der Waals surface area contributed by atoms with Crippen LogP contribution in [-0.4, -0.2) is 0 Å². The lowest BCUT2D eigenvalue weighted by Gasteiger charge is -1.87. The van der Waals surface area contributed by atoms with Gasteiger partial charge in [0.2, 0.25) is 0 Å². The third-order valence-corrected chi connectivity index (χ3v) is 7.34. The molecule has 0 amide bonds. The first-order valence-electron chi connectivity index (χ1n) is 8.13. The molecule has 0 saturated carbocycles. The highest BCUT2D eigenvalue weighted by Crippen LogP contribution is 2.49. The SMILES string of the molecule is CC.CC.c1ccc2c(c1)sc1c2sc2sc3ccccc3c21. The van der Waals surface area contributed by atoms with Crippen LogP contribution in [0, 0.1) is 0 Å². The van der Waals surface area contributed by atoms with Gasteiger partial charge in [-0.15, -0.1) is 34.0 Å². The van der Waals surface area contributed by atoms with Crippen molar-refractivity contribution in [1.29, 1.82) is 0 Å². The standard InChI is InChI=1S/C16H8S3.2C2H6/c1-3-7-11-9(5-1)13-15-14(19-16(13)18-11)10-6-2-4-8-12(10)17-15;2*1-2/h1-8H;2*1-2H3. The number of hydrogen-bond donors (Lipinski definition) is 0. The van der Waals surface area contributed by atoms with Crippen LogP contribution in [0.2, 0.25) is 0 Å². The van der Waals surface area contributed by atoms with E-state index in [0.717, 1.165) is 0 Å². The molecule has 0 aliphatic heterocycles. The molecule has 5 rings (SSSR count). The predicted octanol–water partition coefficient (Wildman–Crippen LogP) is 8.54. The van der Waals surface area contributed by atoms with Crippen LogP contribution in [0.1, 0.15) is 27.7 Å². The first-order valence-corrected chi connectivity index (χ1v) is 10.6. The molecule has 2 aromatic carbocycles. The largest absolute Gasteiger partial charge is 0.134 e. The van der Waals surface area contributed by atoms with Gasteiger partial charge in [-0.1, -0.05) is 64.1 Å². The Kier molecular flexibility index (Phi) is 5.00. The van der Waals surface area contributed by atoms with Crippen molar-refractivity contribution in [3.63, 3.8) is 0 Å². The van der Waals surface area contributed by atoms with Crippen molar-refractivity contribution >= 4 is 73.0 Å². The minimum absolute atomic E-state index is 1.40. The maximum Gasteiger partial charge on any atom is 0.0898 e. The number of benzene rings is 2. The zero-order chi connectivity index (χ0) is 16.4. The molecule has 0 radical (unpaired) electrons. The van der Waals surface area contributed by atoms with Crippen molar-refractivity contribution in [3.05, 3.63) is 48.5 Å². The van der Waals surface area contributed by atoms with E-state index in [9.17, 15) is 0 Å². The molecule has 3 aromatic heterocycles. The molecule has 0 fully saturated rings. The van der Waals surface area contributed by atoms with Gasteiger partial charge < -0.3 is 0 Å². The summed E-state index contributed by atoms with van der Waals surface area (Å²) in [6.45, 7) is 8.00. The summed E-state index contributed by atoms with van der Waals surface area (Å²) in [4.78, 5) is 0. The van der Waals surface area contributed by atoms with Crippen LogP contribution in [0.5, 0.6) is 0 Å². The van der Waals surface area contributed by atoms with E-state index in [4.69, 9.17) is 0 Å². The number of fused-ring (bicyclic) bond motifs is 7. The molecule has 5 aromatic rings. The third kappa shape index (κ3) is 2.57. The van der Waals surface area contributed by atoms with E-state index in [0.29, 0.717) is 0 Å². The Morgan fingerprint density at radius 1 is 0.565 bits per heavy atom. The van der Waals surface area contributed by atoms with E-state index < -0.39 is 0 Å². The Bertz CT molecular complexity index is 1060. The van der Waals surface area contributed by atoms with Crippen LogP contribution in [0.3, 0.4) is 0 Å². The van der Waals surface area contributed by atoms with Gasteiger partial charge in [0.05, 0.1) is 13.4 Å². The fourth-order valence-corrected chi connectivity index (χ4v) is 6.91. The van der Waals surface area contributed by atoms with Gasteiger partial charge >= 0.3 is 0 Å². The van der Waals surface area contributed by atoms with Crippen molar-refractivity contribution in [2.24, 2.45) is 0 Å². The van der Waals surface area contributed by atoms with E-state index >= 15 is 0 Å². The predicted molar refractivity (Wildman–Crippen MR) is 113 cm³/mol. The van der Waals surface area contributed by atoms with Crippen molar-refractivity contribution in [2.45, 2.75) is 27.7 Å². The third-order valence-electron chi connectivity index (χ3n) is 3.53. The zero-order valence-corrected chi connectivity index (χ0v) is 16.3. The van der Waals surface area contributed by atoms with Gasteiger partial charge in [0.15, 0.2) is 0 Å². The van der Waals surface area contributed by atoms with Crippen LogP contribution in [0.4, 0.5) is 0 Å². The highest BCUT2D eigenvalue weighted by molar-refractivity contribution is 7.47. The summed E-state index contributed by atoms with van der Waals surface area (Å²) >= 11 is 5.81. The smallest absolute Gasteiger partial charge is 0.0898 e. The van der Waals surface area contributed by atoms with Crippen molar-refractivity contribution in [1.82, 2.24) is 0 Å². The second kappa shape index (κ2) is 7.00. The monoisotopic (exact) mass is 356 g/mol. The maximum absolute atomic E-state index is 2.25. The highest BCUT2D eigenvalue weighted by Gasteiger charge is 2.15. The molecule has 0 atom stereocenters. The molecule has 3 heterocycles. The molecule has 0 aliphatic carbocycles. The van der Waals surface area contributed by atoms with E-state index in [1.54, 1.807) is 0 Å². The molecule has 0 nitrogen and oxygen atoms in total. The summed E-state index contributed by atoms with van der Waals surface area (Å²) in [5.74, 6) is 0. The van der Waals surface area contributed by atoms with E-state index in [1.165, 1.54) is 39.0 Å². The minimum Gasteiger partial charge on any atom is -0.134 e. The van der Waals surface area contributed by atoms with Crippen molar-refractivity contribution in [2.75, 3.05) is 0 Å². The second-order valence-electron chi connectivity index (χ2n) is 4.62. The Balaban J connectivity index is 0.000000365. The number of hydrogen-bond acceptors (Lipinski definition) is 3. The van der Waals surface area contributed by atoms with Gasteiger partial charge in [0, 0.05) is 25.6 Å². The van der Waals surface area contributed by atoms with Crippen LogP contribution >= 0.6 is 34.0 Å². The summed E-state index contributed by atoms with van der Waals surface area (Å²) in [5, 5.41) is 4.31. The fraction of sp³-hybridized carbons (Fsp3) is 0.200. The Morgan fingerprint density at radius 3 is 1.83 bits per heavy atom. The van der Waals surface area contributed by atoms with E-state index in [1.807, 2.05) is 61.7 Å². The molecule has 118 valence electrons. The number of rotatable bonds is 0. The molecule has 0 saturated heterocycles. The average molecular weight is 357 g/mol. The van der Waals surface area contributed by atoms with Crippen LogP contribution in [0.25, 0.3) is 39.0 Å².